The van der Waals surface area contributed by atoms with Gasteiger partial charge in [0.25, 0.3) is 0 Å². The second-order valence-electron chi connectivity index (χ2n) is 2.87. The topological polar surface area (TPSA) is 58.2 Å². The van der Waals surface area contributed by atoms with Crippen LogP contribution in [0.25, 0.3) is 0 Å². The molecule has 74 valence electrons. The van der Waals surface area contributed by atoms with Crippen LogP contribution in [0.15, 0.2) is 24.3 Å². The Balaban J connectivity index is 2.51. The monoisotopic (exact) mass is 192 g/mol. The molecule has 0 saturated heterocycles. The van der Waals surface area contributed by atoms with Gasteiger partial charge >= 0.3 is 6.03 Å². The Morgan fingerprint density at radius 1 is 1.50 bits per heavy atom. The first-order valence-corrected chi connectivity index (χ1v) is 4.27. The largest absolute Gasteiger partial charge is 0.331 e. The summed E-state index contributed by atoms with van der Waals surface area (Å²) in [6.45, 7) is 1.96. The fraction of sp³-hybridized carbons (Fsp3) is 0.200. The van der Waals surface area contributed by atoms with Gasteiger partial charge in [-0.1, -0.05) is 12.1 Å². The molecule has 0 radical (unpaired) electrons. The lowest BCUT2D eigenvalue weighted by Gasteiger charge is -2.05. The van der Waals surface area contributed by atoms with Crippen LogP contribution in [0, 0.1) is 6.92 Å². The highest BCUT2D eigenvalue weighted by molar-refractivity contribution is 5.90. The molecular weight excluding hydrogens is 180 g/mol. The van der Waals surface area contributed by atoms with Crippen molar-refractivity contribution in [3.8, 4) is 0 Å². The van der Waals surface area contributed by atoms with Crippen molar-refractivity contribution in [2.45, 2.75) is 6.92 Å². The molecular formula is C10H12N2O2. The summed E-state index contributed by atoms with van der Waals surface area (Å²) < 4.78 is 0. The Kier molecular flexibility index (Phi) is 3.67. The van der Waals surface area contributed by atoms with Crippen molar-refractivity contribution >= 4 is 18.0 Å². The van der Waals surface area contributed by atoms with Gasteiger partial charge in [0.15, 0.2) is 0 Å². The Labute approximate surface area is 82.3 Å². The molecule has 4 nitrogen and oxygen atoms in total. The summed E-state index contributed by atoms with van der Waals surface area (Å²) >= 11 is 0. The van der Waals surface area contributed by atoms with E-state index in [0.717, 1.165) is 5.56 Å². The van der Waals surface area contributed by atoms with Gasteiger partial charge in [-0.05, 0) is 24.6 Å². The minimum atomic E-state index is -0.372. The zero-order valence-electron chi connectivity index (χ0n) is 7.91. The molecule has 0 atom stereocenters. The maximum absolute atomic E-state index is 11.1. The van der Waals surface area contributed by atoms with Crippen LogP contribution in [0.1, 0.15) is 5.56 Å². The lowest BCUT2D eigenvalue weighted by molar-refractivity contribution is -0.107. The van der Waals surface area contributed by atoms with E-state index in [4.69, 9.17) is 0 Å². The summed E-state index contributed by atoms with van der Waals surface area (Å²) in [5, 5.41) is 4.99. The fourth-order valence-electron chi connectivity index (χ4n) is 1.03. The number of rotatable bonds is 3. The summed E-state index contributed by atoms with van der Waals surface area (Å²) in [4.78, 5) is 21.1. The molecule has 0 fully saturated rings. The van der Waals surface area contributed by atoms with Crippen LogP contribution >= 0.6 is 0 Å². The molecule has 4 heteroatoms. The van der Waals surface area contributed by atoms with Crippen molar-refractivity contribution in [2.24, 2.45) is 0 Å². The van der Waals surface area contributed by atoms with Crippen molar-refractivity contribution < 1.29 is 9.59 Å². The van der Waals surface area contributed by atoms with Crippen LogP contribution in [-0.4, -0.2) is 18.9 Å². The van der Waals surface area contributed by atoms with E-state index in [0.29, 0.717) is 12.0 Å². The number of urea groups is 1. The zero-order chi connectivity index (χ0) is 10.4. The molecule has 0 bridgehead atoms. The van der Waals surface area contributed by atoms with Gasteiger partial charge < -0.3 is 15.4 Å². The lowest BCUT2D eigenvalue weighted by atomic mass is 10.2. The highest BCUT2D eigenvalue weighted by atomic mass is 16.2. The number of aldehydes is 1. The lowest BCUT2D eigenvalue weighted by Crippen LogP contribution is -2.30. The molecule has 0 aliphatic heterocycles. The molecule has 1 rings (SSSR count). The summed E-state index contributed by atoms with van der Waals surface area (Å²) in [6.07, 6.45) is 0.635. The van der Waals surface area contributed by atoms with E-state index in [1.165, 1.54) is 0 Å². The first-order valence-electron chi connectivity index (χ1n) is 4.27. The van der Waals surface area contributed by atoms with Crippen LogP contribution in [0.5, 0.6) is 0 Å². The molecule has 0 aliphatic rings. The predicted molar refractivity (Wildman–Crippen MR) is 54.3 cm³/mol. The van der Waals surface area contributed by atoms with Crippen molar-refractivity contribution in [3.63, 3.8) is 0 Å². The van der Waals surface area contributed by atoms with Crippen molar-refractivity contribution in [2.75, 3.05) is 11.9 Å². The Morgan fingerprint density at radius 3 is 2.93 bits per heavy atom. The number of carbonyl (C=O) groups excluding carboxylic acids is 2. The molecule has 14 heavy (non-hydrogen) atoms. The van der Waals surface area contributed by atoms with Gasteiger partial charge in [0.1, 0.15) is 6.29 Å². The molecule has 0 unspecified atom stereocenters. The number of hydrogen-bond acceptors (Lipinski definition) is 2. The average Bonchev–Trinajstić information content (AvgIpc) is 2.15. The minimum Gasteiger partial charge on any atom is -0.331 e. The quantitative estimate of drug-likeness (QED) is 0.709. The highest BCUT2D eigenvalue weighted by Crippen LogP contribution is 2.08. The van der Waals surface area contributed by atoms with E-state index in [9.17, 15) is 9.59 Å². The van der Waals surface area contributed by atoms with Crippen LogP contribution in [0.4, 0.5) is 10.5 Å². The van der Waals surface area contributed by atoms with Crippen LogP contribution in [-0.2, 0) is 4.79 Å². The maximum Gasteiger partial charge on any atom is 0.319 e. The van der Waals surface area contributed by atoms with Gasteiger partial charge in [-0.25, -0.2) is 4.79 Å². The minimum absolute atomic E-state index is 0.0254. The van der Waals surface area contributed by atoms with Gasteiger partial charge in [-0.2, -0.15) is 0 Å². The number of benzene rings is 1. The van der Waals surface area contributed by atoms with E-state index in [1.54, 1.807) is 6.07 Å². The second-order valence-corrected chi connectivity index (χ2v) is 2.87. The van der Waals surface area contributed by atoms with Gasteiger partial charge in [0.2, 0.25) is 0 Å². The SMILES string of the molecule is Cc1cccc(NC(=O)NCC=O)c1. The third-order valence-electron chi connectivity index (χ3n) is 1.62. The molecule has 0 aromatic heterocycles. The van der Waals surface area contributed by atoms with Gasteiger partial charge in [0.05, 0.1) is 6.54 Å². The number of hydrogen-bond donors (Lipinski definition) is 2. The smallest absolute Gasteiger partial charge is 0.319 e. The molecule has 0 spiro atoms. The molecule has 2 amide bonds. The number of anilines is 1. The first kappa shape index (κ1) is 10.2. The van der Waals surface area contributed by atoms with E-state index in [1.807, 2.05) is 25.1 Å². The predicted octanol–water partition coefficient (Wildman–Crippen LogP) is 1.32. The number of amides is 2. The van der Waals surface area contributed by atoms with Gasteiger partial charge in [-0.15, -0.1) is 0 Å². The van der Waals surface area contributed by atoms with Crippen molar-refractivity contribution in [1.82, 2.24) is 5.32 Å². The third-order valence-corrected chi connectivity index (χ3v) is 1.62. The van der Waals surface area contributed by atoms with Gasteiger partial charge in [0, 0.05) is 5.69 Å². The molecule has 2 N–H and O–H groups in total. The van der Waals surface area contributed by atoms with E-state index >= 15 is 0 Å². The number of carbonyl (C=O) groups is 2. The Morgan fingerprint density at radius 2 is 2.29 bits per heavy atom. The number of nitrogens with one attached hydrogen (secondary N) is 2. The molecule has 1 aromatic rings. The molecule has 1 aromatic carbocycles. The van der Waals surface area contributed by atoms with Crippen LogP contribution < -0.4 is 10.6 Å². The zero-order valence-corrected chi connectivity index (χ0v) is 7.91. The summed E-state index contributed by atoms with van der Waals surface area (Å²) in [7, 11) is 0. The Hall–Kier alpha value is -1.84. The normalized spacial score (nSPS) is 9.21. The third kappa shape index (κ3) is 3.26. The highest BCUT2D eigenvalue weighted by Gasteiger charge is 1.99. The summed E-state index contributed by atoms with van der Waals surface area (Å²) in [6, 6.07) is 7.05. The van der Waals surface area contributed by atoms with Crippen LogP contribution in [0.3, 0.4) is 0 Å². The van der Waals surface area contributed by atoms with Crippen LogP contribution in [0.2, 0.25) is 0 Å². The summed E-state index contributed by atoms with van der Waals surface area (Å²) in [5.41, 5.74) is 1.78. The number of aryl methyl sites for hydroxylation is 1. The van der Waals surface area contributed by atoms with E-state index in [-0.39, 0.29) is 12.6 Å². The Bertz CT molecular complexity index is 337. The molecule has 0 saturated carbocycles. The standard InChI is InChI=1S/C10H12N2O2/c1-8-3-2-4-9(7-8)12-10(14)11-5-6-13/h2-4,6-7H,5H2,1H3,(H2,11,12,14). The van der Waals surface area contributed by atoms with Gasteiger partial charge in [-0.3, -0.25) is 0 Å². The van der Waals surface area contributed by atoms with Crippen molar-refractivity contribution in [3.05, 3.63) is 29.8 Å². The summed E-state index contributed by atoms with van der Waals surface area (Å²) in [5.74, 6) is 0. The van der Waals surface area contributed by atoms with E-state index in [2.05, 4.69) is 10.6 Å². The maximum atomic E-state index is 11.1. The van der Waals surface area contributed by atoms with Crippen molar-refractivity contribution in [1.29, 1.82) is 0 Å². The fourth-order valence-corrected chi connectivity index (χ4v) is 1.03. The molecule has 0 heterocycles. The van der Waals surface area contributed by atoms with E-state index < -0.39 is 0 Å². The second kappa shape index (κ2) is 5.01. The average molecular weight is 192 g/mol. The first-order chi connectivity index (χ1) is 6.72. The molecule has 0 aliphatic carbocycles.